The highest BCUT2D eigenvalue weighted by Gasteiger charge is 2.26. The molecule has 0 aliphatic carbocycles. The third-order valence-corrected chi connectivity index (χ3v) is 3.57. The van der Waals surface area contributed by atoms with Gasteiger partial charge in [-0.25, -0.2) is 0 Å². The zero-order valence-corrected chi connectivity index (χ0v) is 12.1. The van der Waals surface area contributed by atoms with Gasteiger partial charge in [-0.05, 0) is 12.8 Å². The standard InChI is InChI=1S/C14H23N3O2/c1-4-6-11-13(12(5-2)16(3)15-11)14(18)17-7-9-19-10-8-17/h4-10H2,1-3H3. The van der Waals surface area contributed by atoms with Gasteiger partial charge in [-0.1, -0.05) is 20.3 Å². The zero-order valence-electron chi connectivity index (χ0n) is 12.1. The molecule has 5 heteroatoms. The number of aryl methyl sites for hydroxylation is 2. The van der Waals surface area contributed by atoms with Gasteiger partial charge in [-0.15, -0.1) is 0 Å². The molecule has 0 saturated carbocycles. The Morgan fingerprint density at radius 3 is 2.58 bits per heavy atom. The third-order valence-electron chi connectivity index (χ3n) is 3.57. The van der Waals surface area contributed by atoms with Crippen molar-refractivity contribution in [3.05, 3.63) is 17.0 Å². The number of ether oxygens (including phenoxy) is 1. The van der Waals surface area contributed by atoms with Crippen molar-refractivity contribution in [2.75, 3.05) is 26.3 Å². The van der Waals surface area contributed by atoms with E-state index in [-0.39, 0.29) is 5.91 Å². The summed E-state index contributed by atoms with van der Waals surface area (Å²) >= 11 is 0. The fourth-order valence-corrected chi connectivity index (χ4v) is 2.61. The van der Waals surface area contributed by atoms with Crippen LogP contribution in [0.1, 0.15) is 42.0 Å². The van der Waals surface area contributed by atoms with Crippen molar-refractivity contribution in [3.8, 4) is 0 Å². The molecule has 1 fully saturated rings. The molecule has 0 unspecified atom stereocenters. The van der Waals surface area contributed by atoms with E-state index in [1.54, 1.807) is 0 Å². The molecule has 1 aliphatic heterocycles. The molecule has 1 aromatic rings. The maximum absolute atomic E-state index is 12.7. The molecule has 19 heavy (non-hydrogen) atoms. The summed E-state index contributed by atoms with van der Waals surface area (Å²) in [7, 11) is 1.92. The first-order chi connectivity index (χ1) is 9.19. The Bertz CT molecular complexity index is 448. The highest BCUT2D eigenvalue weighted by Crippen LogP contribution is 2.19. The van der Waals surface area contributed by atoms with E-state index >= 15 is 0 Å². The van der Waals surface area contributed by atoms with Gasteiger partial charge in [0.2, 0.25) is 0 Å². The fourth-order valence-electron chi connectivity index (χ4n) is 2.61. The molecule has 0 aromatic carbocycles. The average Bonchev–Trinajstić information content (AvgIpc) is 2.75. The molecule has 1 saturated heterocycles. The van der Waals surface area contributed by atoms with Gasteiger partial charge in [0.1, 0.15) is 0 Å². The zero-order chi connectivity index (χ0) is 13.8. The van der Waals surface area contributed by atoms with E-state index in [4.69, 9.17) is 4.74 Å². The first-order valence-corrected chi connectivity index (χ1v) is 7.10. The molecule has 2 heterocycles. The van der Waals surface area contributed by atoms with E-state index in [9.17, 15) is 4.79 Å². The van der Waals surface area contributed by atoms with E-state index in [2.05, 4.69) is 18.9 Å². The lowest BCUT2D eigenvalue weighted by atomic mass is 10.1. The number of hydrogen-bond acceptors (Lipinski definition) is 3. The Morgan fingerprint density at radius 1 is 1.32 bits per heavy atom. The minimum atomic E-state index is 0.122. The number of carbonyl (C=O) groups is 1. The molecule has 1 aromatic heterocycles. The van der Waals surface area contributed by atoms with Crippen LogP contribution in [-0.2, 0) is 24.6 Å². The van der Waals surface area contributed by atoms with Gasteiger partial charge in [0, 0.05) is 20.1 Å². The average molecular weight is 265 g/mol. The highest BCUT2D eigenvalue weighted by atomic mass is 16.5. The molecule has 0 spiro atoms. The third kappa shape index (κ3) is 2.81. The van der Waals surface area contributed by atoms with Gasteiger partial charge in [0.25, 0.3) is 5.91 Å². The first kappa shape index (κ1) is 14.1. The second kappa shape index (κ2) is 6.19. The molecule has 1 amide bonds. The quantitative estimate of drug-likeness (QED) is 0.827. The van der Waals surface area contributed by atoms with Crippen molar-refractivity contribution in [1.29, 1.82) is 0 Å². The van der Waals surface area contributed by atoms with E-state index in [0.29, 0.717) is 26.3 Å². The summed E-state index contributed by atoms with van der Waals surface area (Å²) in [5.41, 5.74) is 2.81. The van der Waals surface area contributed by atoms with Crippen LogP contribution in [0, 0.1) is 0 Å². The van der Waals surface area contributed by atoms with Crippen molar-refractivity contribution in [3.63, 3.8) is 0 Å². The van der Waals surface area contributed by atoms with Crippen LogP contribution in [-0.4, -0.2) is 46.9 Å². The van der Waals surface area contributed by atoms with Crippen LogP contribution >= 0.6 is 0 Å². The van der Waals surface area contributed by atoms with Crippen LogP contribution in [0.2, 0.25) is 0 Å². The Kier molecular flexibility index (Phi) is 4.58. The van der Waals surface area contributed by atoms with Crippen molar-refractivity contribution >= 4 is 5.91 Å². The molecule has 0 radical (unpaired) electrons. The fraction of sp³-hybridized carbons (Fsp3) is 0.714. The smallest absolute Gasteiger partial charge is 0.257 e. The Labute approximate surface area is 114 Å². The maximum atomic E-state index is 12.7. The summed E-state index contributed by atoms with van der Waals surface area (Å²) in [5, 5.41) is 4.52. The lowest BCUT2D eigenvalue weighted by Gasteiger charge is -2.27. The number of morpholine rings is 1. The van der Waals surface area contributed by atoms with Crippen LogP contribution < -0.4 is 0 Å². The SMILES string of the molecule is CCCc1nn(C)c(CC)c1C(=O)N1CCOCC1. The summed E-state index contributed by atoms with van der Waals surface area (Å²) in [5.74, 6) is 0.122. The van der Waals surface area contributed by atoms with E-state index in [1.807, 2.05) is 16.6 Å². The summed E-state index contributed by atoms with van der Waals surface area (Å²) in [6, 6.07) is 0. The summed E-state index contributed by atoms with van der Waals surface area (Å²) in [6.07, 6.45) is 2.70. The second-order valence-corrected chi connectivity index (χ2v) is 4.90. The Hall–Kier alpha value is -1.36. The Morgan fingerprint density at radius 2 is 2.00 bits per heavy atom. The van der Waals surface area contributed by atoms with E-state index in [0.717, 1.165) is 36.2 Å². The van der Waals surface area contributed by atoms with Crippen LogP contribution in [0.25, 0.3) is 0 Å². The highest BCUT2D eigenvalue weighted by molar-refractivity contribution is 5.96. The molecular weight excluding hydrogens is 242 g/mol. The van der Waals surface area contributed by atoms with Gasteiger partial charge in [0.15, 0.2) is 0 Å². The molecule has 0 bridgehead atoms. The van der Waals surface area contributed by atoms with Gasteiger partial charge in [-0.3, -0.25) is 9.48 Å². The van der Waals surface area contributed by atoms with Gasteiger partial charge >= 0.3 is 0 Å². The normalized spacial score (nSPS) is 15.8. The van der Waals surface area contributed by atoms with Crippen molar-refractivity contribution in [2.45, 2.75) is 33.1 Å². The predicted octanol–water partition coefficient (Wildman–Crippen LogP) is 1.41. The van der Waals surface area contributed by atoms with Crippen LogP contribution in [0.15, 0.2) is 0 Å². The maximum Gasteiger partial charge on any atom is 0.257 e. The van der Waals surface area contributed by atoms with Gasteiger partial charge in [-0.2, -0.15) is 5.10 Å². The van der Waals surface area contributed by atoms with E-state index < -0.39 is 0 Å². The van der Waals surface area contributed by atoms with Crippen molar-refractivity contribution in [2.24, 2.45) is 7.05 Å². The number of rotatable bonds is 4. The summed E-state index contributed by atoms with van der Waals surface area (Å²) in [6.45, 7) is 6.82. The van der Waals surface area contributed by atoms with Gasteiger partial charge < -0.3 is 9.64 Å². The number of nitrogens with zero attached hydrogens (tertiary/aromatic N) is 3. The number of amides is 1. The lowest BCUT2D eigenvalue weighted by molar-refractivity contribution is 0.0301. The largest absolute Gasteiger partial charge is 0.378 e. The molecule has 2 rings (SSSR count). The second-order valence-electron chi connectivity index (χ2n) is 4.90. The van der Waals surface area contributed by atoms with Crippen LogP contribution in [0.5, 0.6) is 0 Å². The van der Waals surface area contributed by atoms with Crippen molar-refractivity contribution < 1.29 is 9.53 Å². The molecule has 106 valence electrons. The van der Waals surface area contributed by atoms with Gasteiger partial charge in [0.05, 0.1) is 30.2 Å². The number of aromatic nitrogens is 2. The lowest BCUT2D eigenvalue weighted by Crippen LogP contribution is -2.41. The minimum absolute atomic E-state index is 0.122. The summed E-state index contributed by atoms with van der Waals surface area (Å²) in [4.78, 5) is 14.6. The van der Waals surface area contributed by atoms with E-state index in [1.165, 1.54) is 0 Å². The molecule has 0 atom stereocenters. The first-order valence-electron chi connectivity index (χ1n) is 7.10. The number of hydrogen-bond donors (Lipinski definition) is 0. The monoisotopic (exact) mass is 265 g/mol. The number of carbonyl (C=O) groups excluding carboxylic acids is 1. The minimum Gasteiger partial charge on any atom is -0.378 e. The summed E-state index contributed by atoms with van der Waals surface area (Å²) < 4.78 is 7.17. The molecule has 1 aliphatic rings. The predicted molar refractivity (Wildman–Crippen MR) is 73.3 cm³/mol. The Balaban J connectivity index is 2.32. The van der Waals surface area contributed by atoms with Crippen LogP contribution in [0.3, 0.4) is 0 Å². The molecule has 5 nitrogen and oxygen atoms in total. The topological polar surface area (TPSA) is 47.4 Å². The van der Waals surface area contributed by atoms with Crippen LogP contribution in [0.4, 0.5) is 0 Å². The molecule has 0 N–H and O–H groups in total. The molecular formula is C14H23N3O2. The van der Waals surface area contributed by atoms with Crippen molar-refractivity contribution in [1.82, 2.24) is 14.7 Å².